The topological polar surface area (TPSA) is 60.7 Å². The molecule has 64 valence electrons. The highest BCUT2D eigenvalue weighted by Crippen LogP contribution is 2.16. The molecular weight excluding hydrogens is 169 g/mol. The van der Waals surface area contributed by atoms with E-state index in [0.717, 1.165) is 12.1 Å². The minimum absolute atomic E-state index is 0.561. The molecule has 0 atom stereocenters. The van der Waals surface area contributed by atoms with Crippen molar-refractivity contribution >= 4 is 12.6 Å². The Hall–Kier alpha value is -1.14. The van der Waals surface area contributed by atoms with Gasteiger partial charge in [-0.25, -0.2) is 8.78 Å². The van der Waals surface area contributed by atoms with Crippen LogP contribution in [0.5, 0.6) is 5.75 Å². The van der Waals surface area contributed by atoms with Gasteiger partial charge in [0.1, 0.15) is 0 Å². The Bertz CT molecular complexity index is 303. The van der Waals surface area contributed by atoms with Crippen molar-refractivity contribution < 1.29 is 23.9 Å². The van der Waals surface area contributed by atoms with Crippen LogP contribution in [0.2, 0.25) is 0 Å². The van der Waals surface area contributed by atoms with E-state index in [1.54, 1.807) is 0 Å². The summed E-state index contributed by atoms with van der Waals surface area (Å²) in [5.74, 6) is -3.71. The number of hydrogen-bond donors (Lipinski definition) is 3. The summed E-state index contributed by atoms with van der Waals surface area (Å²) in [7, 11) is -2.06. The van der Waals surface area contributed by atoms with Crippen LogP contribution in [0.1, 0.15) is 0 Å². The van der Waals surface area contributed by atoms with E-state index in [1.807, 2.05) is 0 Å². The number of aromatic hydroxyl groups is 1. The third kappa shape index (κ3) is 1.39. The zero-order valence-electron chi connectivity index (χ0n) is 5.83. The first-order chi connectivity index (χ1) is 5.54. The summed E-state index contributed by atoms with van der Waals surface area (Å²) in [6.07, 6.45) is 0. The highest BCUT2D eigenvalue weighted by Gasteiger charge is 2.20. The Morgan fingerprint density at radius 2 is 1.75 bits per heavy atom. The van der Waals surface area contributed by atoms with Crippen LogP contribution in [0.3, 0.4) is 0 Å². The first-order valence-corrected chi connectivity index (χ1v) is 3.07. The van der Waals surface area contributed by atoms with Crippen molar-refractivity contribution in [1.29, 1.82) is 0 Å². The highest BCUT2D eigenvalue weighted by molar-refractivity contribution is 6.58. The molecule has 6 heteroatoms. The molecule has 0 fully saturated rings. The van der Waals surface area contributed by atoms with E-state index in [2.05, 4.69) is 0 Å². The van der Waals surface area contributed by atoms with Gasteiger partial charge < -0.3 is 15.2 Å². The molecule has 0 heterocycles. The van der Waals surface area contributed by atoms with Gasteiger partial charge in [0, 0.05) is 5.46 Å². The fourth-order valence-electron chi connectivity index (χ4n) is 0.756. The highest BCUT2D eigenvalue weighted by atomic mass is 19.1. The molecule has 0 spiro atoms. The smallest absolute Gasteiger partial charge is 0.491 e. The number of hydrogen-bond acceptors (Lipinski definition) is 3. The summed E-state index contributed by atoms with van der Waals surface area (Å²) in [5, 5.41) is 25.7. The van der Waals surface area contributed by atoms with Gasteiger partial charge in [0.25, 0.3) is 0 Å². The maximum Gasteiger partial charge on any atom is 0.491 e. The Kier molecular flexibility index (Phi) is 2.30. The zero-order chi connectivity index (χ0) is 9.30. The van der Waals surface area contributed by atoms with Crippen LogP contribution in [0.4, 0.5) is 8.78 Å². The predicted molar refractivity (Wildman–Crippen MR) is 37.8 cm³/mol. The Morgan fingerprint density at radius 3 is 2.25 bits per heavy atom. The van der Waals surface area contributed by atoms with Gasteiger partial charge in [-0.1, -0.05) is 6.07 Å². The molecule has 0 aliphatic carbocycles. The van der Waals surface area contributed by atoms with Crippen molar-refractivity contribution in [3.8, 4) is 5.75 Å². The molecule has 0 radical (unpaired) electrons. The molecule has 1 rings (SSSR count). The van der Waals surface area contributed by atoms with Gasteiger partial charge in [-0.05, 0) is 6.07 Å². The Labute approximate surface area is 67.0 Å². The molecule has 0 saturated heterocycles. The number of benzene rings is 1. The van der Waals surface area contributed by atoms with Crippen LogP contribution >= 0.6 is 0 Å². The van der Waals surface area contributed by atoms with Crippen molar-refractivity contribution in [2.75, 3.05) is 0 Å². The summed E-state index contributed by atoms with van der Waals surface area (Å²) in [6, 6.07) is 1.59. The van der Waals surface area contributed by atoms with Gasteiger partial charge in [0.2, 0.25) is 0 Å². The van der Waals surface area contributed by atoms with Gasteiger partial charge in [-0.3, -0.25) is 0 Å². The summed E-state index contributed by atoms with van der Waals surface area (Å²) in [4.78, 5) is 0. The van der Waals surface area contributed by atoms with Gasteiger partial charge >= 0.3 is 7.12 Å². The molecule has 3 N–H and O–H groups in total. The zero-order valence-corrected chi connectivity index (χ0v) is 5.83. The summed E-state index contributed by atoms with van der Waals surface area (Å²) < 4.78 is 25.1. The van der Waals surface area contributed by atoms with Crippen LogP contribution in [0.15, 0.2) is 12.1 Å². The second kappa shape index (κ2) is 3.08. The fraction of sp³-hybridized carbons (Fsp3) is 0. The predicted octanol–water partition coefficient (Wildman–Crippen LogP) is -0.650. The van der Waals surface area contributed by atoms with Crippen molar-refractivity contribution in [3.63, 3.8) is 0 Å². The van der Waals surface area contributed by atoms with E-state index in [-0.39, 0.29) is 0 Å². The van der Waals surface area contributed by atoms with Crippen molar-refractivity contribution in [2.24, 2.45) is 0 Å². The van der Waals surface area contributed by atoms with Gasteiger partial charge in [0.15, 0.2) is 17.4 Å². The lowest BCUT2D eigenvalue weighted by atomic mass is 9.80. The van der Waals surface area contributed by atoms with Crippen LogP contribution in [0.25, 0.3) is 0 Å². The monoisotopic (exact) mass is 174 g/mol. The summed E-state index contributed by atoms with van der Waals surface area (Å²) >= 11 is 0. The molecular formula is C6H5BF2O3. The molecule has 0 amide bonds. The standard InChI is InChI=1S/C6H5BF2O3/c8-4-2-1-3(7(11)12)5(9)6(4)10/h1-2,10-12H. The lowest BCUT2D eigenvalue weighted by Crippen LogP contribution is -2.32. The van der Waals surface area contributed by atoms with Gasteiger partial charge in [-0.15, -0.1) is 0 Å². The molecule has 0 saturated carbocycles. The van der Waals surface area contributed by atoms with Crippen molar-refractivity contribution in [1.82, 2.24) is 0 Å². The van der Waals surface area contributed by atoms with Gasteiger partial charge in [-0.2, -0.15) is 0 Å². The average molecular weight is 174 g/mol. The van der Waals surface area contributed by atoms with E-state index in [0.29, 0.717) is 0 Å². The fourth-order valence-corrected chi connectivity index (χ4v) is 0.756. The molecule has 0 aliphatic heterocycles. The SMILES string of the molecule is OB(O)c1ccc(F)c(O)c1F. The van der Waals surface area contributed by atoms with Gasteiger partial charge in [0.05, 0.1) is 0 Å². The van der Waals surface area contributed by atoms with E-state index in [1.165, 1.54) is 0 Å². The Balaban J connectivity index is 3.27. The number of halogens is 2. The molecule has 1 aromatic carbocycles. The summed E-state index contributed by atoms with van der Waals surface area (Å²) in [5.41, 5.74) is -0.561. The maximum absolute atomic E-state index is 12.7. The second-order valence-electron chi connectivity index (χ2n) is 2.17. The normalized spacial score (nSPS) is 10.0. The van der Waals surface area contributed by atoms with E-state index < -0.39 is 30.0 Å². The molecule has 0 unspecified atom stereocenters. The van der Waals surface area contributed by atoms with E-state index >= 15 is 0 Å². The first kappa shape index (κ1) is 8.96. The summed E-state index contributed by atoms with van der Waals surface area (Å²) in [6.45, 7) is 0. The van der Waals surface area contributed by atoms with Crippen LogP contribution in [0, 0.1) is 11.6 Å². The first-order valence-electron chi connectivity index (χ1n) is 3.07. The average Bonchev–Trinajstić information content (AvgIpc) is 2.00. The number of rotatable bonds is 1. The minimum Gasteiger partial charge on any atom is -0.503 e. The van der Waals surface area contributed by atoms with Crippen LogP contribution < -0.4 is 5.46 Å². The second-order valence-corrected chi connectivity index (χ2v) is 2.17. The molecule has 1 aromatic rings. The number of phenols is 1. The van der Waals surface area contributed by atoms with Crippen LogP contribution in [-0.2, 0) is 0 Å². The molecule has 0 aromatic heterocycles. The largest absolute Gasteiger partial charge is 0.503 e. The molecule has 0 aliphatic rings. The van der Waals surface area contributed by atoms with E-state index in [9.17, 15) is 8.78 Å². The lowest BCUT2D eigenvalue weighted by Gasteiger charge is -2.03. The molecule has 12 heavy (non-hydrogen) atoms. The van der Waals surface area contributed by atoms with E-state index in [4.69, 9.17) is 15.2 Å². The van der Waals surface area contributed by atoms with Crippen molar-refractivity contribution in [2.45, 2.75) is 0 Å². The maximum atomic E-state index is 12.7. The van der Waals surface area contributed by atoms with Crippen LogP contribution in [-0.4, -0.2) is 22.3 Å². The quantitative estimate of drug-likeness (QED) is 0.495. The van der Waals surface area contributed by atoms with Crippen molar-refractivity contribution in [3.05, 3.63) is 23.8 Å². The number of phenolic OH excluding ortho intramolecular Hbond substituents is 1. The minimum atomic E-state index is -2.06. The molecule has 0 bridgehead atoms. The third-order valence-electron chi connectivity index (χ3n) is 1.37. The lowest BCUT2D eigenvalue weighted by molar-refractivity contribution is 0.391. The molecule has 3 nitrogen and oxygen atoms in total. The Morgan fingerprint density at radius 1 is 1.17 bits per heavy atom. The third-order valence-corrected chi connectivity index (χ3v) is 1.37.